The molecule has 0 aliphatic rings. The Kier molecular flexibility index (Phi) is 3.57. The predicted octanol–water partition coefficient (Wildman–Crippen LogP) is 1.69. The van der Waals surface area contributed by atoms with Gasteiger partial charge in [0.25, 0.3) is 0 Å². The summed E-state index contributed by atoms with van der Waals surface area (Å²) in [6.07, 6.45) is 2.54. The molecule has 0 aromatic carbocycles. The summed E-state index contributed by atoms with van der Waals surface area (Å²) in [5.74, 6) is -0.122. The van der Waals surface area contributed by atoms with Gasteiger partial charge in [-0.05, 0) is 11.8 Å². The molecule has 0 fully saturated rings. The van der Waals surface area contributed by atoms with Gasteiger partial charge in [-0.2, -0.15) is 0 Å². The van der Waals surface area contributed by atoms with E-state index in [1.807, 2.05) is 0 Å². The number of hydrogen-bond donors (Lipinski definition) is 1. The number of nitrogen functional groups attached to an aromatic ring is 1. The average Bonchev–Trinajstić information content (AvgIpc) is 2.55. The van der Waals surface area contributed by atoms with Crippen molar-refractivity contribution >= 4 is 11.8 Å². The van der Waals surface area contributed by atoms with E-state index in [0.717, 1.165) is 13.0 Å². The van der Waals surface area contributed by atoms with Gasteiger partial charge in [0.2, 0.25) is 0 Å². The quantitative estimate of drug-likeness (QED) is 0.795. The van der Waals surface area contributed by atoms with Gasteiger partial charge in [0.1, 0.15) is 5.82 Å². The van der Waals surface area contributed by atoms with Gasteiger partial charge in [-0.25, -0.2) is 9.78 Å². The van der Waals surface area contributed by atoms with E-state index >= 15 is 0 Å². The molecule has 0 aliphatic carbocycles. The molecular formula is C11H19N3O2. The van der Waals surface area contributed by atoms with Crippen LogP contribution in [0.4, 0.5) is 5.82 Å². The van der Waals surface area contributed by atoms with Crippen LogP contribution in [0.5, 0.6) is 0 Å². The summed E-state index contributed by atoms with van der Waals surface area (Å²) in [5.41, 5.74) is 6.22. The number of imidazole rings is 1. The van der Waals surface area contributed by atoms with Crippen molar-refractivity contribution in [3.8, 4) is 0 Å². The van der Waals surface area contributed by atoms with Crippen molar-refractivity contribution in [3.63, 3.8) is 0 Å². The monoisotopic (exact) mass is 225 g/mol. The van der Waals surface area contributed by atoms with E-state index in [2.05, 4.69) is 30.5 Å². The highest BCUT2D eigenvalue weighted by atomic mass is 16.5. The van der Waals surface area contributed by atoms with Crippen molar-refractivity contribution in [2.24, 2.45) is 5.41 Å². The minimum Gasteiger partial charge on any atom is -0.464 e. The number of methoxy groups -OCH3 is 1. The molecule has 1 heterocycles. The third-order valence-corrected chi connectivity index (χ3v) is 2.36. The molecule has 5 nitrogen and oxygen atoms in total. The summed E-state index contributed by atoms with van der Waals surface area (Å²) in [4.78, 5) is 15.2. The molecule has 0 atom stereocenters. The molecular weight excluding hydrogens is 206 g/mol. The number of nitrogens with zero attached hydrogens (tertiary/aromatic N) is 2. The molecule has 0 saturated heterocycles. The van der Waals surface area contributed by atoms with Crippen LogP contribution in [0.1, 0.15) is 37.7 Å². The lowest BCUT2D eigenvalue weighted by atomic mass is 9.92. The predicted molar refractivity (Wildman–Crippen MR) is 62.1 cm³/mol. The van der Waals surface area contributed by atoms with Crippen molar-refractivity contribution in [1.29, 1.82) is 0 Å². The number of anilines is 1. The zero-order valence-corrected chi connectivity index (χ0v) is 10.3. The molecule has 1 rings (SSSR count). The van der Waals surface area contributed by atoms with Gasteiger partial charge >= 0.3 is 5.97 Å². The first-order valence-electron chi connectivity index (χ1n) is 5.24. The van der Waals surface area contributed by atoms with Crippen molar-refractivity contribution < 1.29 is 9.53 Å². The summed E-state index contributed by atoms with van der Waals surface area (Å²) in [5, 5.41) is 0. The number of esters is 1. The lowest BCUT2D eigenvalue weighted by Gasteiger charge is -2.18. The average molecular weight is 225 g/mol. The Balaban J connectivity index is 2.77. The van der Waals surface area contributed by atoms with Crippen LogP contribution >= 0.6 is 0 Å². The number of carbonyl (C=O) groups is 1. The van der Waals surface area contributed by atoms with E-state index in [1.54, 1.807) is 10.9 Å². The Morgan fingerprint density at radius 3 is 2.69 bits per heavy atom. The fourth-order valence-corrected chi connectivity index (χ4v) is 1.28. The van der Waals surface area contributed by atoms with Crippen molar-refractivity contribution in [3.05, 3.63) is 12.0 Å². The molecule has 0 bridgehead atoms. The second-order valence-corrected chi connectivity index (χ2v) is 4.97. The van der Waals surface area contributed by atoms with E-state index in [9.17, 15) is 4.79 Å². The maximum atomic E-state index is 11.3. The third-order valence-electron chi connectivity index (χ3n) is 2.36. The zero-order chi connectivity index (χ0) is 12.3. The second-order valence-electron chi connectivity index (χ2n) is 4.97. The first-order valence-corrected chi connectivity index (χ1v) is 5.24. The van der Waals surface area contributed by atoms with Crippen LogP contribution in [0.3, 0.4) is 0 Å². The molecule has 5 heteroatoms. The van der Waals surface area contributed by atoms with E-state index in [0.29, 0.717) is 5.82 Å². The zero-order valence-electron chi connectivity index (χ0n) is 10.3. The molecule has 0 spiro atoms. The van der Waals surface area contributed by atoms with Crippen molar-refractivity contribution in [2.75, 3.05) is 12.8 Å². The summed E-state index contributed by atoms with van der Waals surface area (Å²) < 4.78 is 6.36. The maximum Gasteiger partial charge on any atom is 0.360 e. The largest absolute Gasteiger partial charge is 0.464 e. The molecule has 90 valence electrons. The Hall–Kier alpha value is -1.52. The third kappa shape index (κ3) is 2.98. The van der Waals surface area contributed by atoms with E-state index in [1.165, 1.54) is 7.11 Å². The molecule has 0 radical (unpaired) electrons. The SMILES string of the molecule is COC(=O)c1ncn(CCC(C)(C)C)c1N. The van der Waals surface area contributed by atoms with Crippen LogP contribution in [0.2, 0.25) is 0 Å². The van der Waals surface area contributed by atoms with E-state index in [-0.39, 0.29) is 11.1 Å². The topological polar surface area (TPSA) is 70.1 Å². The van der Waals surface area contributed by atoms with Crippen molar-refractivity contribution in [2.45, 2.75) is 33.7 Å². The number of ether oxygens (including phenoxy) is 1. The Bertz CT molecular complexity index is 377. The Morgan fingerprint density at radius 1 is 1.56 bits per heavy atom. The van der Waals surface area contributed by atoms with Crippen LogP contribution in [0.25, 0.3) is 0 Å². The smallest absolute Gasteiger partial charge is 0.360 e. The lowest BCUT2D eigenvalue weighted by molar-refractivity contribution is 0.0596. The highest BCUT2D eigenvalue weighted by Crippen LogP contribution is 2.21. The van der Waals surface area contributed by atoms with Gasteiger partial charge in [-0.15, -0.1) is 0 Å². The van der Waals surface area contributed by atoms with Gasteiger partial charge in [-0.1, -0.05) is 20.8 Å². The number of rotatable bonds is 3. The molecule has 16 heavy (non-hydrogen) atoms. The van der Waals surface area contributed by atoms with Crippen LogP contribution in [0.15, 0.2) is 6.33 Å². The van der Waals surface area contributed by atoms with E-state index < -0.39 is 5.97 Å². The molecule has 0 aliphatic heterocycles. The minimum absolute atomic E-state index is 0.191. The number of aryl methyl sites for hydroxylation is 1. The Labute approximate surface area is 95.6 Å². The fraction of sp³-hybridized carbons (Fsp3) is 0.636. The first-order chi connectivity index (χ1) is 7.35. The van der Waals surface area contributed by atoms with Gasteiger partial charge in [0, 0.05) is 6.54 Å². The molecule has 0 saturated carbocycles. The van der Waals surface area contributed by atoms with Gasteiger partial charge < -0.3 is 15.0 Å². The van der Waals surface area contributed by atoms with Crippen LogP contribution < -0.4 is 5.73 Å². The molecule has 2 N–H and O–H groups in total. The summed E-state index contributed by atoms with van der Waals surface area (Å²) in [7, 11) is 1.32. The lowest BCUT2D eigenvalue weighted by Crippen LogP contribution is -2.12. The highest BCUT2D eigenvalue weighted by molar-refractivity contribution is 5.91. The first kappa shape index (κ1) is 12.5. The van der Waals surface area contributed by atoms with Crippen LogP contribution in [0, 0.1) is 5.41 Å². The Morgan fingerprint density at radius 2 is 2.19 bits per heavy atom. The number of carbonyl (C=O) groups excluding carboxylic acids is 1. The van der Waals surface area contributed by atoms with Gasteiger partial charge in [0.05, 0.1) is 13.4 Å². The number of hydrogen-bond acceptors (Lipinski definition) is 4. The standard InChI is InChI=1S/C11H19N3O2/c1-11(2,3)5-6-14-7-13-8(9(14)12)10(15)16-4/h7H,5-6,12H2,1-4H3. The molecule has 1 aromatic rings. The van der Waals surface area contributed by atoms with Gasteiger partial charge in [-0.3, -0.25) is 0 Å². The fourth-order valence-electron chi connectivity index (χ4n) is 1.28. The van der Waals surface area contributed by atoms with Gasteiger partial charge in [0.15, 0.2) is 5.69 Å². The minimum atomic E-state index is -0.494. The molecule has 0 unspecified atom stereocenters. The van der Waals surface area contributed by atoms with E-state index in [4.69, 9.17) is 5.73 Å². The summed E-state index contributed by atoms with van der Waals surface area (Å²) >= 11 is 0. The summed E-state index contributed by atoms with van der Waals surface area (Å²) in [6, 6.07) is 0. The van der Waals surface area contributed by atoms with Crippen LogP contribution in [-0.4, -0.2) is 22.6 Å². The molecule has 0 amide bonds. The number of nitrogens with two attached hydrogens (primary N) is 1. The number of aromatic nitrogens is 2. The summed E-state index contributed by atoms with van der Waals surface area (Å²) in [6.45, 7) is 7.21. The maximum absolute atomic E-state index is 11.3. The normalized spacial score (nSPS) is 11.5. The highest BCUT2D eigenvalue weighted by Gasteiger charge is 2.17. The second kappa shape index (κ2) is 4.55. The van der Waals surface area contributed by atoms with Crippen LogP contribution in [-0.2, 0) is 11.3 Å². The van der Waals surface area contributed by atoms with Crippen molar-refractivity contribution in [1.82, 2.24) is 9.55 Å². The molecule has 1 aromatic heterocycles.